The minimum Gasteiger partial charge on any atom is -0.306 e. The van der Waals surface area contributed by atoms with Crippen molar-refractivity contribution in [2.45, 2.75) is 39.4 Å². The van der Waals surface area contributed by atoms with Gasteiger partial charge in [-0.05, 0) is 13.8 Å². The largest absolute Gasteiger partial charge is 0.306 e. The van der Waals surface area contributed by atoms with E-state index in [0.29, 0.717) is 18.4 Å². The summed E-state index contributed by atoms with van der Waals surface area (Å²) in [6.45, 7) is 6.44. The van der Waals surface area contributed by atoms with Crippen LogP contribution >= 0.6 is 0 Å². The maximum atomic E-state index is 12.6. The first kappa shape index (κ1) is 16.6. The maximum absolute atomic E-state index is 12.6. The van der Waals surface area contributed by atoms with Crippen molar-refractivity contribution in [2.24, 2.45) is 0 Å². The second-order valence-corrected chi connectivity index (χ2v) is 6.85. The highest BCUT2D eigenvalue weighted by molar-refractivity contribution is 5.52. The molecular weight excluding hydrogens is 330 g/mol. The van der Waals surface area contributed by atoms with Crippen LogP contribution in [-0.4, -0.2) is 41.2 Å². The van der Waals surface area contributed by atoms with Gasteiger partial charge in [-0.15, -0.1) is 0 Å². The van der Waals surface area contributed by atoms with Gasteiger partial charge in [-0.3, -0.25) is 14.4 Å². The van der Waals surface area contributed by atoms with Crippen LogP contribution in [0, 0.1) is 0 Å². The third-order valence-electron chi connectivity index (χ3n) is 4.57. The number of hydrogen-bond donors (Lipinski definition) is 1. The highest BCUT2D eigenvalue weighted by Gasteiger charge is 2.22. The smallest absolute Gasteiger partial charge is 0.255 e. The van der Waals surface area contributed by atoms with Crippen molar-refractivity contribution in [3.05, 3.63) is 58.3 Å². The lowest BCUT2D eigenvalue weighted by Gasteiger charge is -2.27. The zero-order chi connectivity index (χ0) is 18.1. The van der Waals surface area contributed by atoms with Gasteiger partial charge in [0.25, 0.3) is 5.56 Å². The first-order valence-electron chi connectivity index (χ1n) is 8.73. The Bertz CT molecular complexity index is 961. The summed E-state index contributed by atoms with van der Waals surface area (Å²) in [6, 6.07) is 0.346. The molecule has 4 rings (SSSR count). The number of nitrogens with zero attached hydrogens (tertiary/aromatic N) is 6. The van der Waals surface area contributed by atoms with Gasteiger partial charge in [-0.2, -0.15) is 5.10 Å². The standard InChI is InChI=1S/C18H21N7O/c1-12(2)25-9-13(5-21-25)8-24-4-3-16-15(10-24)18(26)23-17(22-16)14-6-19-11-20-7-14/h5-7,9,11-12H,3-4,8,10H2,1-2H3,(H,22,23,26). The molecule has 0 unspecified atom stereocenters. The van der Waals surface area contributed by atoms with Gasteiger partial charge in [0.05, 0.1) is 23.0 Å². The molecule has 0 spiro atoms. The third kappa shape index (κ3) is 3.28. The summed E-state index contributed by atoms with van der Waals surface area (Å²) >= 11 is 0. The Labute approximate surface area is 151 Å². The Morgan fingerprint density at radius 1 is 1.23 bits per heavy atom. The molecule has 8 heteroatoms. The van der Waals surface area contributed by atoms with Crippen LogP contribution in [-0.2, 0) is 19.5 Å². The number of aromatic nitrogens is 6. The first-order valence-corrected chi connectivity index (χ1v) is 8.73. The van der Waals surface area contributed by atoms with Crippen LogP contribution in [0.5, 0.6) is 0 Å². The van der Waals surface area contributed by atoms with Gasteiger partial charge >= 0.3 is 0 Å². The van der Waals surface area contributed by atoms with Gasteiger partial charge in [0.1, 0.15) is 12.2 Å². The fourth-order valence-electron chi connectivity index (χ4n) is 3.17. The van der Waals surface area contributed by atoms with Crippen molar-refractivity contribution in [3.63, 3.8) is 0 Å². The molecule has 0 amide bonds. The van der Waals surface area contributed by atoms with Gasteiger partial charge < -0.3 is 4.98 Å². The molecule has 26 heavy (non-hydrogen) atoms. The monoisotopic (exact) mass is 351 g/mol. The summed E-state index contributed by atoms with van der Waals surface area (Å²) < 4.78 is 1.95. The topological polar surface area (TPSA) is 92.6 Å². The minimum atomic E-state index is -0.0866. The Kier molecular flexibility index (Phi) is 4.34. The van der Waals surface area contributed by atoms with Crippen LogP contribution in [0.1, 0.15) is 36.7 Å². The van der Waals surface area contributed by atoms with Gasteiger partial charge in [-0.25, -0.2) is 15.0 Å². The SMILES string of the molecule is CC(C)n1cc(CN2CCc3nc(-c4cncnc4)[nH]c(=O)c3C2)cn1. The number of nitrogens with one attached hydrogen (secondary N) is 1. The Morgan fingerprint density at radius 2 is 2.04 bits per heavy atom. The van der Waals surface area contributed by atoms with E-state index in [9.17, 15) is 4.79 Å². The lowest BCUT2D eigenvalue weighted by molar-refractivity contribution is 0.241. The normalized spacial score (nSPS) is 14.6. The molecule has 0 bridgehead atoms. The molecule has 0 aromatic carbocycles. The highest BCUT2D eigenvalue weighted by atomic mass is 16.1. The number of fused-ring (bicyclic) bond motifs is 1. The lowest BCUT2D eigenvalue weighted by atomic mass is 10.1. The number of aromatic amines is 1. The molecule has 0 radical (unpaired) electrons. The fourth-order valence-corrected chi connectivity index (χ4v) is 3.17. The van der Waals surface area contributed by atoms with E-state index < -0.39 is 0 Å². The summed E-state index contributed by atoms with van der Waals surface area (Å²) in [4.78, 5) is 30.3. The molecule has 3 aromatic heterocycles. The van der Waals surface area contributed by atoms with E-state index in [-0.39, 0.29) is 5.56 Å². The molecule has 1 aliphatic rings. The Hall–Kier alpha value is -2.87. The molecule has 0 fully saturated rings. The van der Waals surface area contributed by atoms with Gasteiger partial charge in [-0.1, -0.05) is 0 Å². The van der Waals surface area contributed by atoms with E-state index in [1.807, 2.05) is 10.9 Å². The molecule has 0 saturated carbocycles. The molecule has 8 nitrogen and oxygen atoms in total. The van der Waals surface area contributed by atoms with Crippen LogP contribution in [0.25, 0.3) is 11.4 Å². The Balaban J connectivity index is 1.54. The molecule has 1 N–H and O–H groups in total. The van der Waals surface area contributed by atoms with E-state index in [2.05, 4.69) is 50.0 Å². The highest BCUT2D eigenvalue weighted by Crippen LogP contribution is 2.19. The zero-order valence-corrected chi connectivity index (χ0v) is 14.9. The van der Waals surface area contributed by atoms with Crippen LogP contribution in [0.4, 0.5) is 0 Å². The maximum Gasteiger partial charge on any atom is 0.255 e. The average Bonchev–Trinajstić information content (AvgIpc) is 3.12. The quantitative estimate of drug-likeness (QED) is 0.767. The predicted octanol–water partition coefficient (Wildman–Crippen LogP) is 1.56. The van der Waals surface area contributed by atoms with Gasteiger partial charge in [0, 0.05) is 56.3 Å². The fraction of sp³-hybridized carbons (Fsp3) is 0.389. The van der Waals surface area contributed by atoms with Gasteiger partial charge in [0.15, 0.2) is 0 Å². The molecule has 0 aliphatic carbocycles. The molecular formula is C18H21N7O. The minimum absolute atomic E-state index is 0.0866. The molecule has 3 aromatic rings. The summed E-state index contributed by atoms with van der Waals surface area (Å²) in [5.74, 6) is 0.529. The summed E-state index contributed by atoms with van der Waals surface area (Å²) in [5, 5.41) is 4.39. The number of hydrogen-bond acceptors (Lipinski definition) is 6. The van der Waals surface area contributed by atoms with E-state index in [0.717, 1.165) is 41.9 Å². The molecule has 4 heterocycles. The van der Waals surface area contributed by atoms with Crippen LogP contribution in [0.15, 0.2) is 35.9 Å². The molecule has 0 atom stereocenters. The summed E-state index contributed by atoms with van der Waals surface area (Å²) in [5.41, 5.74) is 3.40. The second kappa shape index (κ2) is 6.80. The summed E-state index contributed by atoms with van der Waals surface area (Å²) in [6.07, 6.45) is 9.48. The van der Waals surface area contributed by atoms with Gasteiger partial charge in [0.2, 0.25) is 0 Å². The van der Waals surface area contributed by atoms with Crippen molar-refractivity contribution in [2.75, 3.05) is 6.54 Å². The predicted molar refractivity (Wildman–Crippen MR) is 96.3 cm³/mol. The number of H-pyrrole nitrogens is 1. The third-order valence-corrected chi connectivity index (χ3v) is 4.57. The van der Waals surface area contributed by atoms with Crippen molar-refractivity contribution in [3.8, 4) is 11.4 Å². The number of rotatable bonds is 4. The van der Waals surface area contributed by atoms with Crippen LogP contribution < -0.4 is 5.56 Å². The van der Waals surface area contributed by atoms with Crippen molar-refractivity contribution in [1.29, 1.82) is 0 Å². The van der Waals surface area contributed by atoms with E-state index in [4.69, 9.17) is 0 Å². The molecule has 0 saturated heterocycles. The van der Waals surface area contributed by atoms with E-state index in [1.54, 1.807) is 12.4 Å². The van der Waals surface area contributed by atoms with Crippen molar-refractivity contribution >= 4 is 0 Å². The van der Waals surface area contributed by atoms with E-state index in [1.165, 1.54) is 6.33 Å². The lowest BCUT2D eigenvalue weighted by Crippen LogP contribution is -2.35. The molecule has 134 valence electrons. The second-order valence-electron chi connectivity index (χ2n) is 6.85. The van der Waals surface area contributed by atoms with Crippen molar-refractivity contribution in [1.82, 2.24) is 34.6 Å². The Morgan fingerprint density at radius 3 is 2.77 bits per heavy atom. The van der Waals surface area contributed by atoms with E-state index >= 15 is 0 Å². The van der Waals surface area contributed by atoms with Crippen molar-refractivity contribution < 1.29 is 0 Å². The molecule has 1 aliphatic heterocycles. The average molecular weight is 351 g/mol. The zero-order valence-electron chi connectivity index (χ0n) is 14.9. The van der Waals surface area contributed by atoms with Crippen LogP contribution in [0.2, 0.25) is 0 Å². The van der Waals surface area contributed by atoms with Crippen LogP contribution in [0.3, 0.4) is 0 Å². The summed E-state index contributed by atoms with van der Waals surface area (Å²) in [7, 11) is 0. The first-order chi connectivity index (χ1) is 12.6.